The topological polar surface area (TPSA) is 35.5 Å². The van der Waals surface area contributed by atoms with E-state index in [1.54, 1.807) is 6.92 Å². The minimum atomic E-state index is -0.522. The van der Waals surface area contributed by atoms with E-state index in [0.717, 1.165) is 0 Å². The summed E-state index contributed by atoms with van der Waals surface area (Å²) in [6, 6.07) is 8.43. The zero-order chi connectivity index (χ0) is 16.8. The predicted molar refractivity (Wildman–Crippen MR) is 82.4 cm³/mol. The van der Waals surface area contributed by atoms with Gasteiger partial charge in [0.1, 0.15) is 29.7 Å². The van der Waals surface area contributed by atoms with E-state index in [1.165, 1.54) is 36.4 Å². The van der Waals surface area contributed by atoms with Gasteiger partial charge in [-0.15, -0.1) is 0 Å². The Morgan fingerprint density at radius 2 is 1.87 bits per heavy atom. The Kier molecular flexibility index (Phi) is 5.68. The van der Waals surface area contributed by atoms with E-state index >= 15 is 0 Å². The Bertz CT molecular complexity index is 699. The van der Waals surface area contributed by atoms with Crippen molar-refractivity contribution in [2.75, 3.05) is 0 Å². The number of hydrogen-bond donors (Lipinski definition) is 0. The number of hydrogen-bond acceptors (Lipinski definition) is 3. The molecule has 0 bridgehead atoms. The van der Waals surface area contributed by atoms with Crippen LogP contribution in [0.5, 0.6) is 11.5 Å². The van der Waals surface area contributed by atoms with Crippen molar-refractivity contribution >= 4 is 5.97 Å². The normalized spacial score (nSPS) is 10.4. The Morgan fingerprint density at radius 1 is 1.09 bits per heavy atom. The fourth-order valence-electron chi connectivity index (χ4n) is 2.08. The molecule has 0 saturated heterocycles. The molecule has 0 spiro atoms. The van der Waals surface area contributed by atoms with Crippen LogP contribution in [0, 0.1) is 11.6 Å². The summed E-state index contributed by atoms with van der Waals surface area (Å²) in [5.74, 6) is -0.709. The molecule has 0 aliphatic carbocycles. The highest BCUT2D eigenvalue weighted by Gasteiger charge is 2.14. The number of aryl methyl sites for hydroxylation is 1. The van der Waals surface area contributed by atoms with Crippen molar-refractivity contribution in [2.45, 2.75) is 33.3 Å². The van der Waals surface area contributed by atoms with Crippen LogP contribution in [0.15, 0.2) is 36.4 Å². The van der Waals surface area contributed by atoms with Gasteiger partial charge in [-0.25, -0.2) is 8.78 Å². The quantitative estimate of drug-likeness (QED) is 0.584. The average molecular weight is 320 g/mol. The maximum atomic E-state index is 14.0. The van der Waals surface area contributed by atoms with E-state index in [0.29, 0.717) is 17.7 Å². The lowest BCUT2D eigenvalue weighted by Crippen LogP contribution is -2.10. The average Bonchev–Trinajstić information content (AvgIpc) is 2.55. The van der Waals surface area contributed by atoms with Gasteiger partial charge in [-0.05, 0) is 42.3 Å². The molecule has 3 nitrogen and oxygen atoms in total. The largest absolute Gasteiger partial charge is 0.488 e. The van der Waals surface area contributed by atoms with Gasteiger partial charge in [-0.2, -0.15) is 0 Å². The van der Waals surface area contributed by atoms with Crippen LogP contribution >= 0.6 is 0 Å². The zero-order valence-electron chi connectivity index (χ0n) is 13.1. The molecule has 0 aromatic heterocycles. The van der Waals surface area contributed by atoms with Gasteiger partial charge in [0.25, 0.3) is 0 Å². The Morgan fingerprint density at radius 3 is 2.57 bits per heavy atom. The molecular formula is C18H18F2O3. The summed E-state index contributed by atoms with van der Waals surface area (Å²) in [5.41, 5.74) is 0.842. The summed E-state index contributed by atoms with van der Waals surface area (Å²) in [5, 5.41) is 0. The molecule has 0 N–H and O–H groups in total. The lowest BCUT2D eigenvalue weighted by molar-refractivity contribution is -0.134. The van der Waals surface area contributed by atoms with Crippen molar-refractivity contribution in [3.63, 3.8) is 0 Å². The highest BCUT2D eigenvalue weighted by Crippen LogP contribution is 2.26. The third-order valence-electron chi connectivity index (χ3n) is 3.36. The van der Waals surface area contributed by atoms with E-state index in [4.69, 9.17) is 9.47 Å². The molecule has 0 aliphatic heterocycles. The number of carbonyl (C=O) groups is 1. The Hall–Kier alpha value is -2.43. The summed E-state index contributed by atoms with van der Waals surface area (Å²) >= 11 is 0. The summed E-state index contributed by atoms with van der Waals surface area (Å²) < 4.78 is 38.0. The lowest BCUT2D eigenvalue weighted by atomic mass is 10.1. The maximum Gasteiger partial charge on any atom is 0.310 e. The van der Waals surface area contributed by atoms with E-state index in [-0.39, 0.29) is 30.2 Å². The van der Waals surface area contributed by atoms with Gasteiger partial charge >= 0.3 is 5.97 Å². The third kappa shape index (κ3) is 4.28. The third-order valence-corrected chi connectivity index (χ3v) is 3.36. The minimum Gasteiger partial charge on any atom is -0.488 e. The van der Waals surface area contributed by atoms with Gasteiger partial charge in [0.15, 0.2) is 0 Å². The standard InChI is InChI=1S/C18H18F2O3/c1-3-12-10-13(19)8-9-16(12)22-11-14-15(20)6-5-7-17(14)23-18(21)4-2/h5-10H,3-4,11H2,1-2H3. The monoisotopic (exact) mass is 320 g/mol. The van der Waals surface area contributed by atoms with Crippen LogP contribution in [0.25, 0.3) is 0 Å². The number of rotatable bonds is 6. The van der Waals surface area contributed by atoms with Crippen LogP contribution in [0.4, 0.5) is 8.78 Å². The summed E-state index contributed by atoms with van der Waals surface area (Å²) in [4.78, 5) is 11.4. The van der Waals surface area contributed by atoms with Crippen molar-refractivity contribution < 1.29 is 23.0 Å². The highest BCUT2D eigenvalue weighted by atomic mass is 19.1. The first-order valence-corrected chi connectivity index (χ1v) is 7.44. The molecule has 122 valence electrons. The number of carbonyl (C=O) groups excluding carboxylic acids is 1. The Labute approximate surface area is 133 Å². The first-order valence-electron chi connectivity index (χ1n) is 7.44. The van der Waals surface area contributed by atoms with Crippen molar-refractivity contribution in [2.24, 2.45) is 0 Å². The summed E-state index contributed by atoms with van der Waals surface area (Å²) in [6.45, 7) is 3.42. The van der Waals surface area contributed by atoms with Crippen molar-refractivity contribution in [1.29, 1.82) is 0 Å². The molecule has 0 heterocycles. The molecule has 0 unspecified atom stereocenters. The van der Waals surface area contributed by atoms with E-state index in [1.807, 2.05) is 6.92 Å². The van der Waals surface area contributed by atoms with Crippen LogP contribution in [0.1, 0.15) is 31.4 Å². The Balaban J connectivity index is 2.22. The van der Waals surface area contributed by atoms with Crippen molar-refractivity contribution in [1.82, 2.24) is 0 Å². The second-order valence-corrected chi connectivity index (χ2v) is 4.94. The molecule has 0 radical (unpaired) electrons. The van der Waals surface area contributed by atoms with Crippen LogP contribution in [-0.2, 0) is 17.8 Å². The van der Waals surface area contributed by atoms with Gasteiger partial charge in [0, 0.05) is 6.42 Å². The fraction of sp³-hybridized carbons (Fsp3) is 0.278. The van der Waals surface area contributed by atoms with E-state index in [2.05, 4.69) is 0 Å². The van der Waals surface area contributed by atoms with Crippen LogP contribution in [-0.4, -0.2) is 5.97 Å². The molecular weight excluding hydrogens is 302 g/mol. The second-order valence-electron chi connectivity index (χ2n) is 4.94. The molecule has 0 amide bonds. The molecule has 2 aromatic carbocycles. The number of benzene rings is 2. The number of halogens is 2. The summed E-state index contributed by atoms with van der Waals surface area (Å²) in [7, 11) is 0. The van der Waals surface area contributed by atoms with Gasteiger partial charge in [0.05, 0.1) is 5.56 Å². The number of ether oxygens (including phenoxy) is 2. The molecule has 5 heteroatoms. The molecule has 0 atom stereocenters. The van der Waals surface area contributed by atoms with Gasteiger partial charge in [-0.1, -0.05) is 19.9 Å². The first-order chi connectivity index (χ1) is 11.0. The van der Waals surface area contributed by atoms with E-state index in [9.17, 15) is 13.6 Å². The maximum absolute atomic E-state index is 14.0. The predicted octanol–water partition coefficient (Wildman–Crippen LogP) is 4.42. The van der Waals surface area contributed by atoms with Gasteiger partial charge < -0.3 is 9.47 Å². The zero-order valence-corrected chi connectivity index (χ0v) is 13.1. The molecule has 2 rings (SSSR count). The number of esters is 1. The summed E-state index contributed by atoms with van der Waals surface area (Å²) in [6.07, 6.45) is 0.775. The molecule has 0 fully saturated rings. The first kappa shape index (κ1) is 16.9. The van der Waals surface area contributed by atoms with Crippen LogP contribution in [0.2, 0.25) is 0 Å². The highest BCUT2D eigenvalue weighted by molar-refractivity contribution is 5.72. The van der Waals surface area contributed by atoms with Crippen molar-refractivity contribution in [3.05, 3.63) is 59.2 Å². The fourth-order valence-corrected chi connectivity index (χ4v) is 2.08. The molecule has 23 heavy (non-hydrogen) atoms. The SMILES string of the molecule is CCC(=O)Oc1cccc(F)c1COc1ccc(F)cc1CC. The molecule has 0 aliphatic rings. The molecule has 0 saturated carbocycles. The minimum absolute atomic E-state index is 0.113. The van der Waals surface area contributed by atoms with E-state index < -0.39 is 11.8 Å². The lowest BCUT2D eigenvalue weighted by Gasteiger charge is -2.14. The van der Waals surface area contributed by atoms with Gasteiger partial charge in [-0.3, -0.25) is 4.79 Å². The van der Waals surface area contributed by atoms with Gasteiger partial charge in [0.2, 0.25) is 0 Å². The molecule has 2 aromatic rings. The van der Waals surface area contributed by atoms with Crippen LogP contribution < -0.4 is 9.47 Å². The second kappa shape index (κ2) is 7.72. The van der Waals surface area contributed by atoms with Crippen molar-refractivity contribution in [3.8, 4) is 11.5 Å². The smallest absolute Gasteiger partial charge is 0.310 e. The van der Waals surface area contributed by atoms with Crippen LogP contribution in [0.3, 0.4) is 0 Å².